The van der Waals surface area contributed by atoms with E-state index in [1.807, 2.05) is 0 Å². The van der Waals surface area contributed by atoms with Gasteiger partial charge >= 0.3 is 5.97 Å². The van der Waals surface area contributed by atoms with Crippen molar-refractivity contribution >= 4 is 23.4 Å². The maximum absolute atomic E-state index is 13.3. The van der Waals surface area contributed by atoms with Crippen LogP contribution in [0.5, 0.6) is 0 Å². The van der Waals surface area contributed by atoms with Crippen molar-refractivity contribution in [1.82, 2.24) is 9.88 Å². The van der Waals surface area contributed by atoms with Gasteiger partial charge in [-0.15, -0.1) is 0 Å². The quantitative estimate of drug-likeness (QED) is 0.900. The number of aliphatic carboxylic acids is 1. The second-order valence-electron chi connectivity index (χ2n) is 5.61. The van der Waals surface area contributed by atoms with Crippen LogP contribution in [0.15, 0.2) is 42.6 Å². The van der Waals surface area contributed by atoms with Gasteiger partial charge in [0.1, 0.15) is 11.6 Å². The van der Waals surface area contributed by atoms with E-state index >= 15 is 0 Å². The van der Waals surface area contributed by atoms with Gasteiger partial charge in [0.2, 0.25) is 0 Å². The first-order valence-corrected chi connectivity index (χ1v) is 7.54. The standard InChI is InChI=1S/C17H16FN3O3/c18-12-3-1-4-13(9-12)20-15-14(5-2-7-19-15)16(22)21-8-6-11(10-21)17(23)24/h1-5,7,9,11H,6,8,10H2,(H,19,20)(H,23,24)/t11-/m0/s1. The van der Waals surface area contributed by atoms with Crippen molar-refractivity contribution < 1.29 is 19.1 Å². The van der Waals surface area contributed by atoms with Gasteiger partial charge in [-0.05, 0) is 36.8 Å². The fourth-order valence-corrected chi connectivity index (χ4v) is 2.70. The zero-order valence-corrected chi connectivity index (χ0v) is 12.8. The highest BCUT2D eigenvalue weighted by Crippen LogP contribution is 2.24. The van der Waals surface area contributed by atoms with E-state index in [1.54, 1.807) is 24.3 Å². The maximum atomic E-state index is 13.3. The summed E-state index contributed by atoms with van der Waals surface area (Å²) in [4.78, 5) is 29.4. The topological polar surface area (TPSA) is 82.5 Å². The number of rotatable bonds is 4. The molecule has 0 bridgehead atoms. The van der Waals surface area contributed by atoms with Gasteiger partial charge in [-0.1, -0.05) is 6.07 Å². The molecule has 0 unspecified atom stereocenters. The molecule has 124 valence electrons. The summed E-state index contributed by atoms with van der Waals surface area (Å²) in [5.74, 6) is -1.80. The average molecular weight is 329 g/mol. The molecule has 1 atom stereocenters. The molecule has 0 aliphatic carbocycles. The lowest BCUT2D eigenvalue weighted by atomic mass is 10.1. The van der Waals surface area contributed by atoms with Crippen LogP contribution in [0.4, 0.5) is 15.9 Å². The lowest BCUT2D eigenvalue weighted by Gasteiger charge is -2.18. The monoisotopic (exact) mass is 329 g/mol. The molecule has 0 saturated carbocycles. The van der Waals surface area contributed by atoms with Crippen LogP contribution in [0.25, 0.3) is 0 Å². The highest BCUT2D eigenvalue weighted by molar-refractivity contribution is 5.99. The SMILES string of the molecule is O=C(O)[C@H]1CCN(C(=O)c2cccnc2Nc2cccc(F)c2)C1. The van der Waals surface area contributed by atoms with E-state index in [2.05, 4.69) is 10.3 Å². The van der Waals surface area contributed by atoms with Crippen LogP contribution in [0, 0.1) is 11.7 Å². The van der Waals surface area contributed by atoms with E-state index in [-0.39, 0.29) is 12.5 Å². The van der Waals surface area contributed by atoms with E-state index in [0.29, 0.717) is 30.0 Å². The Labute approximate surface area is 137 Å². The van der Waals surface area contributed by atoms with Gasteiger partial charge in [0.05, 0.1) is 11.5 Å². The van der Waals surface area contributed by atoms with E-state index < -0.39 is 17.7 Å². The highest BCUT2D eigenvalue weighted by Gasteiger charge is 2.32. The fraction of sp³-hybridized carbons (Fsp3) is 0.235. The van der Waals surface area contributed by atoms with Gasteiger partial charge in [-0.25, -0.2) is 9.37 Å². The van der Waals surface area contributed by atoms with Crippen LogP contribution < -0.4 is 5.32 Å². The third-order valence-electron chi connectivity index (χ3n) is 3.95. The normalized spacial score (nSPS) is 16.9. The Bertz CT molecular complexity index is 781. The third-order valence-corrected chi connectivity index (χ3v) is 3.95. The maximum Gasteiger partial charge on any atom is 0.308 e. The number of anilines is 2. The highest BCUT2D eigenvalue weighted by atomic mass is 19.1. The number of hydrogen-bond acceptors (Lipinski definition) is 4. The number of likely N-dealkylation sites (tertiary alicyclic amines) is 1. The molecule has 7 heteroatoms. The predicted molar refractivity (Wildman–Crippen MR) is 85.6 cm³/mol. The minimum Gasteiger partial charge on any atom is -0.481 e. The zero-order valence-electron chi connectivity index (χ0n) is 12.8. The number of benzene rings is 1. The number of carboxylic acids is 1. The fourth-order valence-electron chi connectivity index (χ4n) is 2.70. The molecule has 2 N–H and O–H groups in total. The molecule has 1 aliphatic heterocycles. The minimum absolute atomic E-state index is 0.183. The predicted octanol–water partition coefficient (Wildman–Crippen LogP) is 2.51. The molecule has 1 aromatic heterocycles. The number of carbonyl (C=O) groups excluding carboxylic acids is 1. The number of pyridine rings is 1. The van der Waals surface area contributed by atoms with Crippen LogP contribution >= 0.6 is 0 Å². The van der Waals surface area contributed by atoms with Gasteiger partial charge in [-0.3, -0.25) is 9.59 Å². The lowest BCUT2D eigenvalue weighted by molar-refractivity contribution is -0.141. The zero-order chi connectivity index (χ0) is 17.1. The molecule has 0 spiro atoms. The summed E-state index contributed by atoms with van der Waals surface area (Å²) in [6.45, 7) is 0.576. The molecule has 2 heterocycles. The second-order valence-corrected chi connectivity index (χ2v) is 5.61. The number of halogens is 1. The number of nitrogens with zero attached hydrogens (tertiary/aromatic N) is 2. The van der Waals surface area contributed by atoms with Crippen molar-refractivity contribution in [3.8, 4) is 0 Å². The Hall–Kier alpha value is -2.96. The lowest BCUT2D eigenvalue weighted by Crippen LogP contribution is -2.30. The molecule has 3 rings (SSSR count). The van der Waals surface area contributed by atoms with Crippen LogP contribution in [-0.2, 0) is 4.79 Å². The van der Waals surface area contributed by atoms with Crippen LogP contribution in [-0.4, -0.2) is 40.0 Å². The first kappa shape index (κ1) is 15.9. The third kappa shape index (κ3) is 3.34. The van der Waals surface area contributed by atoms with Crippen molar-refractivity contribution in [1.29, 1.82) is 0 Å². The summed E-state index contributed by atoms with van der Waals surface area (Å²) >= 11 is 0. The molecule has 0 radical (unpaired) electrons. The van der Waals surface area contributed by atoms with Gasteiger partial charge in [0, 0.05) is 25.0 Å². The van der Waals surface area contributed by atoms with Crippen molar-refractivity contribution in [2.75, 3.05) is 18.4 Å². The molecule has 1 saturated heterocycles. The number of carboxylic acid groups (broad SMARTS) is 1. The molecule has 24 heavy (non-hydrogen) atoms. The number of amides is 1. The first-order chi connectivity index (χ1) is 11.5. The molecular formula is C17H16FN3O3. The molecule has 6 nitrogen and oxygen atoms in total. The van der Waals surface area contributed by atoms with E-state index in [0.717, 1.165) is 0 Å². The van der Waals surface area contributed by atoms with Crippen molar-refractivity contribution in [3.63, 3.8) is 0 Å². The Morgan fingerprint density at radius 2 is 2.12 bits per heavy atom. The smallest absolute Gasteiger partial charge is 0.308 e. The summed E-state index contributed by atoms with van der Waals surface area (Å²) in [5, 5.41) is 12.0. The van der Waals surface area contributed by atoms with Gasteiger partial charge in [-0.2, -0.15) is 0 Å². The number of aromatic nitrogens is 1. The number of hydrogen-bond donors (Lipinski definition) is 2. The average Bonchev–Trinajstić information content (AvgIpc) is 3.05. The van der Waals surface area contributed by atoms with Crippen LogP contribution in [0.3, 0.4) is 0 Å². The Morgan fingerprint density at radius 1 is 1.29 bits per heavy atom. The van der Waals surface area contributed by atoms with Crippen LogP contribution in [0.2, 0.25) is 0 Å². The summed E-state index contributed by atoms with van der Waals surface area (Å²) in [6, 6.07) is 9.10. The van der Waals surface area contributed by atoms with E-state index in [1.165, 1.54) is 23.2 Å². The van der Waals surface area contributed by atoms with E-state index in [9.17, 15) is 14.0 Å². The summed E-state index contributed by atoms with van der Waals surface area (Å²) < 4.78 is 13.3. The minimum atomic E-state index is -0.894. The largest absolute Gasteiger partial charge is 0.481 e. The summed E-state index contributed by atoms with van der Waals surface area (Å²) in [5.41, 5.74) is 0.806. The number of nitrogens with one attached hydrogen (secondary N) is 1. The molecule has 1 fully saturated rings. The van der Waals surface area contributed by atoms with Crippen molar-refractivity contribution in [2.24, 2.45) is 5.92 Å². The second kappa shape index (κ2) is 6.66. The number of carbonyl (C=O) groups is 2. The molecule has 1 aromatic carbocycles. The van der Waals surface area contributed by atoms with Crippen molar-refractivity contribution in [2.45, 2.75) is 6.42 Å². The first-order valence-electron chi connectivity index (χ1n) is 7.54. The van der Waals surface area contributed by atoms with Crippen molar-refractivity contribution in [3.05, 3.63) is 54.0 Å². The van der Waals surface area contributed by atoms with Gasteiger partial charge in [0.15, 0.2) is 0 Å². The van der Waals surface area contributed by atoms with Gasteiger partial charge in [0.25, 0.3) is 5.91 Å². The molecule has 1 aliphatic rings. The summed E-state index contributed by atoms with van der Waals surface area (Å²) in [6.07, 6.45) is 1.97. The Morgan fingerprint density at radius 3 is 2.83 bits per heavy atom. The molecule has 2 aromatic rings. The molecule has 1 amide bonds. The van der Waals surface area contributed by atoms with E-state index in [4.69, 9.17) is 5.11 Å². The van der Waals surface area contributed by atoms with Gasteiger partial charge < -0.3 is 15.3 Å². The Kier molecular flexibility index (Phi) is 4.41. The van der Waals surface area contributed by atoms with Crippen LogP contribution in [0.1, 0.15) is 16.8 Å². The molecular weight excluding hydrogens is 313 g/mol. The Balaban J connectivity index is 1.81. The summed E-state index contributed by atoms with van der Waals surface area (Å²) in [7, 11) is 0.